The molecule has 0 saturated carbocycles. The average Bonchev–Trinajstić information content (AvgIpc) is 3.15. The maximum absolute atomic E-state index is 12.8. The van der Waals surface area contributed by atoms with Crippen LogP contribution in [0.5, 0.6) is 0 Å². The lowest BCUT2D eigenvalue weighted by Crippen LogP contribution is -2.41. The fourth-order valence-electron chi connectivity index (χ4n) is 3.16. The van der Waals surface area contributed by atoms with Crippen LogP contribution in [-0.2, 0) is 15.7 Å². The largest absolute Gasteiger partial charge is 0.450 e. The normalized spacial score (nSPS) is 17.4. The van der Waals surface area contributed by atoms with Gasteiger partial charge in [0.2, 0.25) is 5.76 Å². The third-order valence-corrected chi connectivity index (χ3v) is 4.62. The third kappa shape index (κ3) is 4.74. The van der Waals surface area contributed by atoms with Gasteiger partial charge in [-0.2, -0.15) is 13.2 Å². The van der Waals surface area contributed by atoms with Crippen molar-refractivity contribution in [1.29, 1.82) is 0 Å². The van der Waals surface area contributed by atoms with Gasteiger partial charge in [-0.15, -0.1) is 0 Å². The molecular formula is C20H20F3NO4. The molecule has 8 heteroatoms. The van der Waals surface area contributed by atoms with Crippen LogP contribution in [-0.4, -0.2) is 36.5 Å². The lowest BCUT2D eigenvalue weighted by molar-refractivity contribution is -0.137. The van der Waals surface area contributed by atoms with Gasteiger partial charge in [0.15, 0.2) is 6.61 Å². The zero-order valence-electron chi connectivity index (χ0n) is 15.3. The van der Waals surface area contributed by atoms with Gasteiger partial charge in [0, 0.05) is 18.7 Å². The van der Waals surface area contributed by atoms with Crippen LogP contribution >= 0.6 is 0 Å². The summed E-state index contributed by atoms with van der Waals surface area (Å²) in [5.74, 6) is -0.767. The first-order chi connectivity index (χ1) is 13.2. The van der Waals surface area contributed by atoms with Gasteiger partial charge in [-0.25, -0.2) is 4.79 Å². The van der Waals surface area contributed by atoms with Crippen molar-refractivity contribution in [3.8, 4) is 11.3 Å². The van der Waals surface area contributed by atoms with E-state index in [1.807, 2.05) is 0 Å². The Morgan fingerprint density at radius 1 is 1.25 bits per heavy atom. The molecule has 1 aliphatic rings. The minimum atomic E-state index is -4.48. The number of carbonyl (C=O) groups is 2. The van der Waals surface area contributed by atoms with Gasteiger partial charge in [0.25, 0.3) is 5.91 Å². The average molecular weight is 395 g/mol. The Hall–Kier alpha value is -2.77. The second kappa shape index (κ2) is 8.08. The molecule has 5 nitrogen and oxygen atoms in total. The summed E-state index contributed by atoms with van der Waals surface area (Å²) in [5.41, 5.74) is -0.626. The molecule has 1 atom stereocenters. The minimum Gasteiger partial charge on any atom is -0.450 e. The zero-order chi connectivity index (χ0) is 20.3. The van der Waals surface area contributed by atoms with E-state index in [1.54, 1.807) is 4.90 Å². The molecule has 28 heavy (non-hydrogen) atoms. The number of halogens is 3. The van der Waals surface area contributed by atoms with Gasteiger partial charge >= 0.3 is 12.1 Å². The maximum Gasteiger partial charge on any atom is 0.416 e. The molecule has 1 fully saturated rings. The molecule has 1 aromatic carbocycles. The van der Waals surface area contributed by atoms with Crippen LogP contribution in [0.4, 0.5) is 13.2 Å². The number of likely N-dealkylation sites (tertiary alicyclic amines) is 1. The minimum absolute atomic E-state index is 0.106. The van der Waals surface area contributed by atoms with Crippen LogP contribution in [0, 0.1) is 5.92 Å². The highest BCUT2D eigenvalue weighted by molar-refractivity contribution is 5.89. The Kier molecular flexibility index (Phi) is 5.76. The van der Waals surface area contributed by atoms with E-state index >= 15 is 0 Å². The molecular weight excluding hydrogens is 375 g/mol. The van der Waals surface area contributed by atoms with Crippen LogP contribution in [0.2, 0.25) is 0 Å². The van der Waals surface area contributed by atoms with Crippen molar-refractivity contribution >= 4 is 11.9 Å². The summed E-state index contributed by atoms with van der Waals surface area (Å²) in [6, 6.07) is 7.30. The van der Waals surface area contributed by atoms with Gasteiger partial charge in [0.1, 0.15) is 5.76 Å². The first-order valence-electron chi connectivity index (χ1n) is 8.96. The molecule has 1 aromatic heterocycles. The second-order valence-electron chi connectivity index (χ2n) is 6.91. The summed E-state index contributed by atoms with van der Waals surface area (Å²) < 4.78 is 48.8. The molecule has 1 amide bonds. The first kappa shape index (κ1) is 20.0. The van der Waals surface area contributed by atoms with Gasteiger partial charge < -0.3 is 14.1 Å². The number of esters is 1. The summed E-state index contributed by atoms with van der Waals surface area (Å²) in [5, 5.41) is 0. The number of nitrogens with zero attached hydrogens (tertiary/aromatic N) is 1. The lowest BCUT2D eigenvalue weighted by atomic mass is 10.0. The summed E-state index contributed by atoms with van der Waals surface area (Å²) in [7, 11) is 0. The summed E-state index contributed by atoms with van der Waals surface area (Å²) >= 11 is 0. The maximum atomic E-state index is 12.8. The van der Waals surface area contributed by atoms with Gasteiger partial charge in [-0.3, -0.25) is 4.79 Å². The van der Waals surface area contributed by atoms with Crippen molar-refractivity contribution in [3.63, 3.8) is 0 Å². The van der Waals surface area contributed by atoms with Gasteiger partial charge in [-0.1, -0.05) is 19.1 Å². The Morgan fingerprint density at radius 2 is 2.04 bits per heavy atom. The Bertz CT molecular complexity index is 859. The highest BCUT2D eigenvalue weighted by Gasteiger charge is 2.30. The third-order valence-electron chi connectivity index (χ3n) is 4.62. The molecule has 1 unspecified atom stereocenters. The number of piperidine rings is 1. The molecule has 0 aliphatic carbocycles. The number of amides is 1. The van der Waals surface area contributed by atoms with Crippen molar-refractivity contribution < 1.29 is 31.9 Å². The van der Waals surface area contributed by atoms with E-state index in [2.05, 4.69) is 6.92 Å². The molecule has 1 aliphatic heterocycles. The molecule has 0 radical (unpaired) electrons. The number of carbonyl (C=O) groups excluding carboxylic acids is 2. The lowest BCUT2D eigenvalue weighted by Gasteiger charge is -2.30. The molecule has 0 N–H and O–H groups in total. The number of benzene rings is 1. The van der Waals surface area contributed by atoms with E-state index in [0.717, 1.165) is 25.0 Å². The van der Waals surface area contributed by atoms with Gasteiger partial charge in [0.05, 0.1) is 5.56 Å². The van der Waals surface area contributed by atoms with Crippen LogP contribution in [0.25, 0.3) is 11.3 Å². The van der Waals surface area contributed by atoms with Crippen LogP contribution < -0.4 is 0 Å². The highest BCUT2D eigenvalue weighted by Crippen LogP contribution is 2.32. The Labute approximate surface area is 160 Å². The van der Waals surface area contributed by atoms with E-state index in [-0.39, 0.29) is 23.0 Å². The topological polar surface area (TPSA) is 59.8 Å². The van der Waals surface area contributed by atoms with E-state index in [0.29, 0.717) is 19.0 Å². The smallest absolute Gasteiger partial charge is 0.416 e. The Morgan fingerprint density at radius 3 is 2.75 bits per heavy atom. The number of furan rings is 1. The monoisotopic (exact) mass is 395 g/mol. The van der Waals surface area contributed by atoms with Crippen molar-refractivity contribution in [2.75, 3.05) is 19.7 Å². The van der Waals surface area contributed by atoms with Crippen molar-refractivity contribution in [1.82, 2.24) is 4.90 Å². The number of hydrogen-bond acceptors (Lipinski definition) is 4. The van der Waals surface area contributed by atoms with Crippen molar-refractivity contribution in [2.24, 2.45) is 5.92 Å². The predicted octanol–water partition coefficient (Wildman–Crippen LogP) is 4.38. The summed E-state index contributed by atoms with van der Waals surface area (Å²) in [4.78, 5) is 25.9. The summed E-state index contributed by atoms with van der Waals surface area (Å²) in [6.45, 7) is 2.94. The SMILES string of the molecule is CC1CCCN(C(=O)COC(=O)c2ccc(-c3cccc(C(F)(F)F)c3)o2)C1. The van der Waals surface area contributed by atoms with Gasteiger partial charge in [-0.05, 0) is 43.0 Å². The van der Waals surface area contributed by atoms with Crippen molar-refractivity contribution in [2.45, 2.75) is 25.9 Å². The fraction of sp³-hybridized carbons (Fsp3) is 0.400. The number of alkyl halides is 3. The predicted molar refractivity (Wildman–Crippen MR) is 94.4 cm³/mol. The molecule has 2 heterocycles. The summed E-state index contributed by atoms with van der Waals surface area (Å²) in [6.07, 6.45) is -2.50. The van der Waals surface area contributed by atoms with Crippen LogP contribution in [0.3, 0.4) is 0 Å². The molecule has 0 spiro atoms. The molecule has 150 valence electrons. The molecule has 3 rings (SSSR count). The quantitative estimate of drug-likeness (QED) is 0.721. The van der Waals surface area contributed by atoms with Crippen molar-refractivity contribution in [3.05, 3.63) is 47.7 Å². The van der Waals surface area contributed by atoms with Crippen LogP contribution in [0.1, 0.15) is 35.9 Å². The second-order valence-corrected chi connectivity index (χ2v) is 6.91. The van der Waals surface area contributed by atoms with E-state index in [9.17, 15) is 22.8 Å². The standard InChI is InChI=1S/C20H20F3NO4/c1-13-4-3-9-24(11-13)18(25)12-27-19(26)17-8-7-16(28-17)14-5-2-6-15(10-14)20(21,22)23/h2,5-8,10,13H,3-4,9,11-12H2,1H3. The number of rotatable bonds is 4. The fourth-order valence-corrected chi connectivity index (χ4v) is 3.16. The van der Waals surface area contributed by atoms with E-state index in [1.165, 1.54) is 24.3 Å². The number of hydrogen-bond donors (Lipinski definition) is 0. The van der Waals surface area contributed by atoms with Crippen LogP contribution in [0.15, 0.2) is 40.8 Å². The Balaban J connectivity index is 1.62. The zero-order valence-corrected chi connectivity index (χ0v) is 15.3. The molecule has 1 saturated heterocycles. The highest BCUT2D eigenvalue weighted by atomic mass is 19.4. The molecule has 2 aromatic rings. The number of ether oxygens (including phenoxy) is 1. The molecule has 0 bridgehead atoms. The first-order valence-corrected chi connectivity index (χ1v) is 8.96. The van der Waals surface area contributed by atoms with E-state index < -0.39 is 24.3 Å². The van der Waals surface area contributed by atoms with E-state index in [4.69, 9.17) is 9.15 Å².